The molecule has 0 bridgehead atoms. The number of likely N-dealkylation sites (tertiary alicyclic amines) is 1. The minimum atomic E-state index is -4.98. The van der Waals surface area contributed by atoms with Gasteiger partial charge in [-0.1, -0.05) is 6.42 Å². The summed E-state index contributed by atoms with van der Waals surface area (Å²) in [5, 5.41) is 9.09. The van der Waals surface area contributed by atoms with E-state index in [1.165, 1.54) is 6.07 Å². The lowest BCUT2D eigenvalue weighted by molar-refractivity contribution is -0.227. The molecule has 3 rings (SSSR count). The zero-order valence-corrected chi connectivity index (χ0v) is 14.0. The lowest BCUT2D eigenvalue weighted by Crippen LogP contribution is -2.48. The van der Waals surface area contributed by atoms with Crippen molar-refractivity contribution in [3.05, 3.63) is 33.2 Å². The van der Waals surface area contributed by atoms with Crippen molar-refractivity contribution >= 4 is 11.9 Å². The van der Waals surface area contributed by atoms with Gasteiger partial charge in [0, 0.05) is 18.8 Å². The number of nitrogens with one attached hydrogen (secondary N) is 1. The number of halogens is 3. The van der Waals surface area contributed by atoms with E-state index >= 15 is 0 Å². The molecular formula is C17H19F3N2O4. The van der Waals surface area contributed by atoms with Gasteiger partial charge in [0.2, 0.25) is 0 Å². The van der Waals surface area contributed by atoms with E-state index in [9.17, 15) is 27.6 Å². The Morgan fingerprint density at radius 1 is 1.19 bits per heavy atom. The van der Waals surface area contributed by atoms with Crippen molar-refractivity contribution in [2.45, 2.75) is 44.7 Å². The van der Waals surface area contributed by atoms with Crippen LogP contribution in [-0.4, -0.2) is 46.1 Å². The molecular weight excluding hydrogens is 353 g/mol. The number of carbonyl (C=O) groups is 2. The summed E-state index contributed by atoms with van der Waals surface area (Å²) in [5.74, 6) is -2.86. The summed E-state index contributed by atoms with van der Waals surface area (Å²) < 4.78 is 39.8. The fourth-order valence-corrected chi connectivity index (χ4v) is 3.69. The van der Waals surface area contributed by atoms with Crippen molar-refractivity contribution in [3.63, 3.8) is 0 Å². The number of aromatic amines is 1. The van der Waals surface area contributed by atoms with Gasteiger partial charge in [0.1, 0.15) is 5.56 Å². The van der Waals surface area contributed by atoms with Crippen LogP contribution < -0.4 is 5.56 Å². The highest BCUT2D eigenvalue weighted by Gasteiger charge is 2.64. The van der Waals surface area contributed by atoms with Crippen LogP contribution in [0.4, 0.5) is 13.2 Å². The molecule has 2 heterocycles. The number of hydrogen-bond donors (Lipinski definition) is 2. The number of carbonyl (C=O) groups excluding carboxylic acids is 1. The maximum atomic E-state index is 13.3. The molecule has 2 N–H and O–H groups in total. The number of aryl methyl sites for hydroxylation is 2. The molecule has 1 saturated heterocycles. The Morgan fingerprint density at radius 3 is 2.50 bits per heavy atom. The molecule has 0 radical (unpaired) electrons. The molecule has 9 heteroatoms. The van der Waals surface area contributed by atoms with Crippen LogP contribution in [0.5, 0.6) is 0 Å². The van der Waals surface area contributed by atoms with E-state index in [0.29, 0.717) is 12.8 Å². The van der Waals surface area contributed by atoms with Crippen LogP contribution >= 0.6 is 0 Å². The van der Waals surface area contributed by atoms with Crippen LogP contribution in [-0.2, 0) is 17.6 Å². The SMILES string of the molecule is O=C(c1cc2c([nH]c1=O)CCCCC2)N1CCC(C(=O)O)(C(F)(F)F)C1. The molecule has 1 amide bonds. The third-order valence-electron chi connectivity index (χ3n) is 5.33. The van der Waals surface area contributed by atoms with Crippen molar-refractivity contribution < 1.29 is 27.9 Å². The standard InChI is InChI=1S/C17H19F3N2O4/c18-17(19,20)16(15(25)26)6-7-22(9-16)14(24)11-8-10-4-2-1-3-5-12(10)21-13(11)23/h8H,1-7,9H2,(H,21,23)(H,25,26). The average molecular weight is 372 g/mol. The third-order valence-corrected chi connectivity index (χ3v) is 5.33. The summed E-state index contributed by atoms with van der Waals surface area (Å²) in [6, 6.07) is 1.45. The van der Waals surface area contributed by atoms with E-state index in [4.69, 9.17) is 5.11 Å². The van der Waals surface area contributed by atoms with Crippen molar-refractivity contribution in [3.8, 4) is 0 Å². The van der Waals surface area contributed by atoms with Crippen molar-refractivity contribution in [1.29, 1.82) is 0 Å². The second-order valence-corrected chi connectivity index (χ2v) is 6.94. The fraction of sp³-hybridized carbons (Fsp3) is 0.588. The van der Waals surface area contributed by atoms with Crippen LogP contribution in [0.3, 0.4) is 0 Å². The molecule has 1 aliphatic heterocycles. The number of aliphatic carboxylic acids is 1. The summed E-state index contributed by atoms with van der Waals surface area (Å²) >= 11 is 0. The highest BCUT2D eigenvalue weighted by atomic mass is 19.4. The van der Waals surface area contributed by atoms with Crippen LogP contribution in [0.15, 0.2) is 10.9 Å². The molecule has 0 aromatic carbocycles. The van der Waals surface area contributed by atoms with E-state index < -0.39 is 42.0 Å². The molecule has 6 nitrogen and oxygen atoms in total. The van der Waals surface area contributed by atoms with E-state index in [0.717, 1.165) is 35.4 Å². The Balaban J connectivity index is 1.90. The number of carboxylic acids is 1. The van der Waals surface area contributed by atoms with Gasteiger partial charge in [0.25, 0.3) is 11.5 Å². The molecule has 26 heavy (non-hydrogen) atoms. The lowest BCUT2D eigenvalue weighted by Gasteiger charge is -2.27. The Kier molecular flexibility index (Phi) is 4.58. The molecule has 1 unspecified atom stereocenters. The predicted molar refractivity (Wildman–Crippen MR) is 85.0 cm³/mol. The van der Waals surface area contributed by atoms with E-state index in [1.54, 1.807) is 0 Å². The third kappa shape index (κ3) is 2.99. The largest absolute Gasteiger partial charge is 0.481 e. The number of nitrogens with zero attached hydrogens (tertiary/aromatic N) is 1. The van der Waals surface area contributed by atoms with Crippen LogP contribution in [0.25, 0.3) is 0 Å². The summed E-state index contributed by atoms with van der Waals surface area (Å²) in [6.45, 7) is -1.34. The van der Waals surface area contributed by atoms with E-state index in [1.807, 2.05) is 0 Å². The molecule has 0 spiro atoms. The maximum Gasteiger partial charge on any atom is 0.406 e. The zero-order valence-electron chi connectivity index (χ0n) is 14.0. The number of fused-ring (bicyclic) bond motifs is 1. The summed E-state index contributed by atoms with van der Waals surface area (Å²) in [5.41, 5.74) is -2.27. The van der Waals surface area contributed by atoms with Crippen LogP contribution in [0.2, 0.25) is 0 Å². The fourth-order valence-electron chi connectivity index (χ4n) is 3.69. The van der Waals surface area contributed by atoms with Gasteiger partial charge >= 0.3 is 12.1 Å². The first kappa shape index (κ1) is 18.5. The molecule has 2 aliphatic rings. The van der Waals surface area contributed by atoms with Crippen molar-refractivity contribution in [2.24, 2.45) is 5.41 Å². The number of aromatic nitrogens is 1. The summed E-state index contributed by atoms with van der Waals surface area (Å²) in [6.07, 6.45) is -1.48. The molecule has 0 saturated carbocycles. The molecule has 1 aromatic rings. The second kappa shape index (κ2) is 6.44. The number of H-pyrrole nitrogens is 1. The highest BCUT2D eigenvalue weighted by molar-refractivity contribution is 5.95. The maximum absolute atomic E-state index is 13.3. The van der Waals surface area contributed by atoms with E-state index in [-0.39, 0.29) is 12.1 Å². The summed E-state index contributed by atoms with van der Waals surface area (Å²) in [7, 11) is 0. The topological polar surface area (TPSA) is 90.5 Å². The number of pyridine rings is 1. The van der Waals surface area contributed by atoms with Gasteiger partial charge in [-0.25, -0.2) is 0 Å². The second-order valence-electron chi connectivity index (χ2n) is 6.94. The Labute approximate surface area is 147 Å². The van der Waals surface area contributed by atoms with Gasteiger partial charge in [-0.15, -0.1) is 0 Å². The number of hydrogen-bond acceptors (Lipinski definition) is 3. The average Bonchev–Trinajstić information content (AvgIpc) is 2.91. The normalized spacial score (nSPS) is 23.4. The minimum Gasteiger partial charge on any atom is -0.481 e. The molecule has 1 aromatic heterocycles. The van der Waals surface area contributed by atoms with Crippen LogP contribution in [0.1, 0.15) is 47.3 Å². The van der Waals surface area contributed by atoms with Gasteiger partial charge in [0.05, 0.1) is 0 Å². The van der Waals surface area contributed by atoms with Crippen molar-refractivity contribution in [2.75, 3.05) is 13.1 Å². The Hall–Kier alpha value is -2.32. The van der Waals surface area contributed by atoms with Crippen LogP contribution in [0, 0.1) is 5.41 Å². The predicted octanol–water partition coefficient (Wildman–Crippen LogP) is 2.12. The number of alkyl halides is 3. The van der Waals surface area contributed by atoms with Crippen molar-refractivity contribution in [1.82, 2.24) is 9.88 Å². The Bertz CT molecular complexity index is 802. The first-order chi connectivity index (χ1) is 12.2. The van der Waals surface area contributed by atoms with Gasteiger partial charge in [0.15, 0.2) is 5.41 Å². The highest BCUT2D eigenvalue weighted by Crippen LogP contribution is 2.45. The molecule has 1 atom stereocenters. The lowest BCUT2D eigenvalue weighted by atomic mass is 9.86. The minimum absolute atomic E-state index is 0.228. The monoisotopic (exact) mass is 372 g/mol. The molecule has 1 fully saturated rings. The molecule has 142 valence electrons. The van der Waals surface area contributed by atoms with Gasteiger partial charge in [-0.3, -0.25) is 14.4 Å². The number of rotatable bonds is 2. The van der Waals surface area contributed by atoms with Gasteiger partial charge < -0.3 is 15.0 Å². The van der Waals surface area contributed by atoms with E-state index in [2.05, 4.69) is 4.98 Å². The first-order valence-corrected chi connectivity index (χ1v) is 8.50. The first-order valence-electron chi connectivity index (χ1n) is 8.50. The number of carboxylic acid groups (broad SMARTS) is 1. The van der Waals surface area contributed by atoms with Gasteiger partial charge in [-0.05, 0) is 43.7 Å². The Morgan fingerprint density at radius 2 is 1.88 bits per heavy atom. The molecule has 1 aliphatic carbocycles. The smallest absolute Gasteiger partial charge is 0.406 e. The number of amides is 1. The summed E-state index contributed by atoms with van der Waals surface area (Å²) in [4.78, 5) is 39.6. The van der Waals surface area contributed by atoms with Gasteiger partial charge in [-0.2, -0.15) is 13.2 Å². The quantitative estimate of drug-likeness (QED) is 0.778. The zero-order chi connectivity index (χ0) is 19.1.